The SMILES string of the molecule is O=C(NCCC1CC1)c1cc(Cl)nc(Cl)c1. The maximum Gasteiger partial charge on any atom is 0.251 e. The molecule has 0 radical (unpaired) electrons. The van der Waals surface area contributed by atoms with Gasteiger partial charge in [0.25, 0.3) is 5.91 Å². The number of amides is 1. The molecule has 0 aromatic carbocycles. The molecule has 0 atom stereocenters. The highest BCUT2D eigenvalue weighted by Crippen LogP contribution is 2.31. The minimum atomic E-state index is -0.146. The molecule has 0 saturated heterocycles. The van der Waals surface area contributed by atoms with Gasteiger partial charge in [-0.25, -0.2) is 4.98 Å². The Kier molecular flexibility index (Phi) is 3.66. The third-order valence-corrected chi connectivity index (χ3v) is 2.95. The zero-order valence-corrected chi connectivity index (χ0v) is 10.2. The quantitative estimate of drug-likeness (QED) is 0.844. The Morgan fingerprint density at radius 1 is 1.38 bits per heavy atom. The van der Waals surface area contributed by atoms with E-state index in [-0.39, 0.29) is 16.2 Å². The third kappa shape index (κ3) is 3.35. The summed E-state index contributed by atoms with van der Waals surface area (Å²) in [6, 6.07) is 3.03. The van der Waals surface area contributed by atoms with E-state index in [4.69, 9.17) is 23.2 Å². The average Bonchev–Trinajstić information content (AvgIpc) is 3.00. The first kappa shape index (κ1) is 11.7. The van der Waals surface area contributed by atoms with Gasteiger partial charge in [0.2, 0.25) is 0 Å². The van der Waals surface area contributed by atoms with Gasteiger partial charge in [0, 0.05) is 12.1 Å². The summed E-state index contributed by atoms with van der Waals surface area (Å²) in [5.74, 6) is 0.664. The molecule has 0 spiro atoms. The van der Waals surface area contributed by atoms with Crippen molar-refractivity contribution in [1.82, 2.24) is 10.3 Å². The number of hydrogen-bond acceptors (Lipinski definition) is 2. The number of pyridine rings is 1. The van der Waals surface area contributed by atoms with E-state index in [0.717, 1.165) is 12.3 Å². The van der Waals surface area contributed by atoms with Gasteiger partial charge < -0.3 is 5.32 Å². The van der Waals surface area contributed by atoms with Crippen LogP contribution in [-0.2, 0) is 0 Å². The van der Waals surface area contributed by atoms with Crippen LogP contribution in [0.15, 0.2) is 12.1 Å². The van der Waals surface area contributed by atoms with Crippen LogP contribution in [0, 0.1) is 5.92 Å². The van der Waals surface area contributed by atoms with Crippen molar-refractivity contribution >= 4 is 29.1 Å². The topological polar surface area (TPSA) is 42.0 Å². The molecule has 1 aliphatic carbocycles. The summed E-state index contributed by atoms with van der Waals surface area (Å²) in [6.07, 6.45) is 3.64. The molecule has 86 valence electrons. The van der Waals surface area contributed by atoms with Crippen LogP contribution >= 0.6 is 23.2 Å². The molecule has 1 heterocycles. The van der Waals surface area contributed by atoms with E-state index >= 15 is 0 Å². The van der Waals surface area contributed by atoms with Crippen molar-refractivity contribution in [2.24, 2.45) is 5.92 Å². The van der Waals surface area contributed by atoms with Crippen molar-refractivity contribution in [3.8, 4) is 0 Å². The molecule has 1 aliphatic rings. The lowest BCUT2D eigenvalue weighted by molar-refractivity contribution is 0.0952. The van der Waals surface area contributed by atoms with Crippen LogP contribution in [-0.4, -0.2) is 17.4 Å². The Balaban J connectivity index is 1.91. The summed E-state index contributed by atoms with van der Waals surface area (Å²) < 4.78 is 0. The summed E-state index contributed by atoms with van der Waals surface area (Å²) in [7, 11) is 0. The van der Waals surface area contributed by atoms with Gasteiger partial charge in [-0.2, -0.15) is 0 Å². The van der Waals surface area contributed by atoms with Crippen molar-refractivity contribution in [3.05, 3.63) is 28.0 Å². The molecule has 5 heteroatoms. The first-order chi connectivity index (χ1) is 7.65. The lowest BCUT2D eigenvalue weighted by Gasteiger charge is -2.05. The second-order valence-corrected chi connectivity index (χ2v) is 4.76. The van der Waals surface area contributed by atoms with Gasteiger partial charge in [0.05, 0.1) is 0 Å². The van der Waals surface area contributed by atoms with Crippen LogP contribution < -0.4 is 5.32 Å². The van der Waals surface area contributed by atoms with Crippen molar-refractivity contribution in [2.45, 2.75) is 19.3 Å². The number of aromatic nitrogens is 1. The van der Waals surface area contributed by atoms with Gasteiger partial charge in [-0.3, -0.25) is 4.79 Å². The van der Waals surface area contributed by atoms with E-state index in [1.165, 1.54) is 25.0 Å². The molecule has 1 aromatic heterocycles. The molecular weight excluding hydrogens is 247 g/mol. The number of hydrogen-bond donors (Lipinski definition) is 1. The average molecular weight is 259 g/mol. The molecule has 0 bridgehead atoms. The fourth-order valence-electron chi connectivity index (χ4n) is 1.49. The summed E-state index contributed by atoms with van der Waals surface area (Å²) in [6.45, 7) is 0.709. The first-order valence-corrected chi connectivity index (χ1v) is 6.02. The fraction of sp³-hybridized carbons (Fsp3) is 0.455. The van der Waals surface area contributed by atoms with Gasteiger partial charge in [-0.05, 0) is 24.5 Å². The number of carbonyl (C=O) groups excluding carboxylic acids is 1. The summed E-state index contributed by atoms with van der Waals surface area (Å²) in [4.78, 5) is 15.5. The predicted molar refractivity (Wildman–Crippen MR) is 63.9 cm³/mol. The Bertz CT molecular complexity index is 385. The van der Waals surface area contributed by atoms with Gasteiger partial charge in [0.15, 0.2) is 0 Å². The Labute approximate surface area is 104 Å². The zero-order chi connectivity index (χ0) is 11.5. The summed E-state index contributed by atoms with van der Waals surface area (Å²) in [5.41, 5.74) is 0.459. The normalized spacial score (nSPS) is 14.9. The predicted octanol–water partition coefficient (Wildman–Crippen LogP) is 2.92. The molecule has 2 rings (SSSR count). The van der Waals surface area contributed by atoms with E-state index < -0.39 is 0 Å². The van der Waals surface area contributed by atoms with Crippen molar-refractivity contribution in [3.63, 3.8) is 0 Å². The molecule has 0 aliphatic heterocycles. The van der Waals surface area contributed by atoms with E-state index in [0.29, 0.717) is 12.1 Å². The smallest absolute Gasteiger partial charge is 0.251 e. The molecule has 16 heavy (non-hydrogen) atoms. The highest BCUT2D eigenvalue weighted by molar-refractivity contribution is 6.33. The zero-order valence-electron chi connectivity index (χ0n) is 8.67. The number of rotatable bonds is 4. The Morgan fingerprint density at radius 3 is 2.56 bits per heavy atom. The maximum atomic E-state index is 11.7. The van der Waals surface area contributed by atoms with Crippen LogP contribution in [0.4, 0.5) is 0 Å². The van der Waals surface area contributed by atoms with Crippen LogP contribution in [0.5, 0.6) is 0 Å². The van der Waals surface area contributed by atoms with E-state index in [1.54, 1.807) is 0 Å². The minimum absolute atomic E-state index is 0.146. The molecular formula is C11H12Cl2N2O. The lowest BCUT2D eigenvalue weighted by atomic mass is 10.2. The number of halogens is 2. The van der Waals surface area contributed by atoms with Crippen molar-refractivity contribution in [1.29, 1.82) is 0 Å². The van der Waals surface area contributed by atoms with Crippen LogP contribution in [0.1, 0.15) is 29.6 Å². The second kappa shape index (κ2) is 5.02. The van der Waals surface area contributed by atoms with E-state index in [1.807, 2.05) is 0 Å². The fourth-order valence-corrected chi connectivity index (χ4v) is 1.95. The number of nitrogens with zero attached hydrogens (tertiary/aromatic N) is 1. The third-order valence-electron chi connectivity index (χ3n) is 2.56. The van der Waals surface area contributed by atoms with Gasteiger partial charge in [-0.1, -0.05) is 36.0 Å². The van der Waals surface area contributed by atoms with Crippen molar-refractivity contribution in [2.75, 3.05) is 6.54 Å². The van der Waals surface area contributed by atoms with Crippen LogP contribution in [0.25, 0.3) is 0 Å². The van der Waals surface area contributed by atoms with E-state index in [2.05, 4.69) is 10.3 Å². The van der Waals surface area contributed by atoms with Gasteiger partial charge in [0.1, 0.15) is 10.3 Å². The standard InChI is InChI=1S/C11H12Cl2N2O/c12-9-5-8(6-10(13)15-9)11(16)14-4-3-7-1-2-7/h5-7H,1-4H2,(H,14,16). The molecule has 1 fully saturated rings. The minimum Gasteiger partial charge on any atom is -0.352 e. The van der Waals surface area contributed by atoms with Crippen LogP contribution in [0.2, 0.25) is 10.3 Å². The molecule has 1 amide bonds. The van der Waals surface area contributed by atoms with Gasteiger partial charge >= 0.3 is 0 Å². The highest BCUT2D eigenvalue weighted by Gasteiger charge is 2.20. The summed E-state index contributed by atoms with van der Waals surface area (Å²) in [5, 5.41) is 3.31. The maximum absolute atomic E-state index is 11.7. The van der Waals surface area contributed by atoms with Crippen LogP contribution in [0.3, 0.4) is 0 Å². The Morgan fingerprint density at radius 2 is 2.00 bits per heavy atom. The summed E-state index contributed by atoms with van der Waals surface area (Å²) >= 11 is 11.4. The molecule has 1 aromatic rings. The molecule has 1 N–H and O–H groups in total. The largest absolute Gasteiger partial charge is 0.352 e. The van der Waals surface area contributed by atoms with Gasteiger partial charge in [-0.15, -0.1) is 0 Å². The Hall–Kier alpha value is -0.800. The van der Waals surface area contributed by atoms with Crippen molar-refractivity contribution < 1.29 is 4.79 Å². The first-order valence-electron chi connectivity index (χ1n) is 5.26. The monoisotopic (exact) mass is 258 g/mol. The number of nitrogens with one attached hydrogen (secondary N) is 1. The van der Waals surface area contributed by atoms with E-state index in [9.17, 15) is 4.79 Å². The lowest BCUT2D eigenvalue weighted by Crippen LogP contribution is -2.24. The second-order valence-electron chi connectivity index (χ2n) is 3.99. The molecule has 3 nitrogen and oxygen atoms in total. The molecule has 1 saturated carbocycles. The number of carbonyl (C=O) groups is 1. The highest BCUT2D eigenvalue weighted by atomic mass is 35.5. The molecule has 0 unspecified atom stereocenters.